The maximum atomic E-state index is 13.6. The first-order chi connectivity index (χ1) is 8.28. The molecule has 1 atom stereocenters. The number of carboxylic acid groups (broad SMARTS) is 1. The van der Waals surface area contributed by atoms with Crippen molar-refractivity contribution in [3.63, 3.8) is 0 Å². The number of fused-ring (bicyclic) bond motifs is 1. The van der Waals surface area contributed by atoms with Gasteiger partial charge in [-0.05, 0) is 13.0 Å². The molecule has 3 N–H and O–H groups in total. The van der Waals surface area contributed by atoms with E-state index in [1.54, 1.807) is 0 Å². The van der Waals surface area contributed by atoms with Gasteiger partial charge in [0.05, 0.1) is 4.91 Å². The molecule has 1 aromatic rings. The van der Waals surface area contributed by atoms with E-state index >= 15 is 0 Å². The van der Waals surface area contributed by atoms with E-state index in [9.17, 15) is 17.6 Å². The molecule has 0 spiro atoms. The zero-order valence-corrected chi connectivity index (χ0v) is 10.2. The minimum atomic E-state index is -3.98. The van der Waals surface area contributed by atoms with Crippen molar-refractivity contribution in [2.45, 2.75) is 17.9 Å². The Hall–Kier alpha value is -1.73. The van der Waals surface area contributed by atoms with Crippen molar-refractivity contribution in [3.05, 3.63) is 34.5 Å². The fourth-order valence-corrected chi connectivity index (χ4v) is 3.62. The lowest BCUT2D eigenvalue weighted by Crippen LogP contribution is -2.31. The summed E-state index contributed by atoms with van der Waals surface area (Å²) in [5.74, 6) is -2.27. The molecule has 0 amide bonds. The molecule has 1 unspecified atom stereocenters. The predicted molar refractivity (Wildman–Crippen MR) is 61.8 cm³/mol. The van der Waals surface area contributed by atoms with E-state index < -0.39 is 32.6 Å². The summed E-state index contributed by atoms with van der Waals surface area (Å²) in [7, 11) is -3.98. The largest absolute Gasteiger partial charge is 0.480 e. The van der Waals surface area contributed by atoms with E-state index in [1.807, 2.05) is 0 Å². The molecule has 7 heteroatoms. The monoisotopic (exact) mass is 271 g/mol. The van der Waals surface area contributed by atoms with E-state index in [-0.39, 0.29) is 16.0 Å². The smallest absolute Gasteiger partial charge is 0.325 e. The molecule has 0 saturated carbocycles. The molecule has 0 aliphatic carbocycles. The van der Waals surface area contributed by atoms with Gasteiger partial charge in [-0.25, -0.2) is 12.8 Å². The van der Waals surface area contributed by atoms with Crippen LogP contribution in [0.1, 0.15) is 12.5 Å². The topological polar surface area (TPSA) is 97.5 Å². The average Bonchev–Trinajstić information content (AvgIpc) is 2.47. The highest BCUT2D eigenvalue weighted by atomic mass is 32.2. The van der Waals surface area contributed by atoms with Crippen LogP contribution in [0.15, 0.2) is 28.0 Å². The second kappa shape index (κ2) is 3.89. The number of hydrogen-bond donors (Lipinski definition) is 2. The molecule has 96 valence electrons. The number of rotatable bonds is 2. The maximum Gasteiger partial charge on any atom is 0.325 e. The van der Waals surface area contributed by atoms with Crippen molar-refractivity contribution in [1.29, 1.82) is 0 Å². The fraction of sp³-hybridized carbons (Fsp3) is 0.182. The van der Waals surface area contributed by atoms with Gasteiger partial charge < -0.3 is 10.8 Å². The number of sulfone groups is 1. The summed E-state index contributed by atoms with van der Waals surface area (Å²) in [5.41, 5.74) is 5.43. The van der Waals surface area contributed by atoms with Crippen LogP contribution in [0.5, 0.6) is 0 Å². The van der Waals surface area contributed by atoms with Gasteiger partial charge in [-0.1, -0.05) is 12.1 Å². The van der Waals surface area contributed by atoms with Crippen LogP contribution in [-0.4, -0.2) is 25.5 Å². The van der Waals surface area contributed by atoms with E-state index in [0.717, 1.165) is 6.07 Å². The van der Waals surface area contributed by atoms with Crippen LogP contribution in [0.2, 0.25) is 0 Å². The van der Waals surface area contributed by atoms with Crippen molar-refractivity contribution in [1.82, 2.24) is 0 Å². The highest BCUT2D eigenvalue weighted by Crippen LogP contribution is 2.41. The number of nitrogens with two attached hydrogens (primary N) is 1. The molecule has 2 rings (SSSR count). The molecule has 1 aromatic carbocycles. The zero-order valence-electron chi connectivity index (χ0n) is 9.34. The number of aliphatic carboxylic acids is 1. The van der Waals surface area contributed by atoms with Gasteiger partial charge in [-0.15, -0.1) is 0 Å². The number of hydrogen-bond acceptors (Lipinski definition) is 4. The number of carbonyl (C=O) groups is 1. The Labute approximate surface area is 103 Å². The zero-order chi connectivity index (χ0) is 13.7. The Bertz CT molecular complexity index is 678. The minimum Gasteiger partial charge on any atom is -0.480 e. The van der Waals surface area contributed by atoms with Crippen LogP contribution in [0.3, 0.4) is 0 Å². The molecule has 0 fully saturated rings. The molecular weight excluding hydrogens is 261 g/mol. The quantitative estimate of drug-likeness (QED) is 0.827. The highest BCUT2D eigenvalue weighted by Gasteiger charge is 2.39. The lowest BCUT2D eigenvalue weighted by Gasteiger charge is -2.09. The molecular formula is C11H10FNO4S. The number of allylic oxidation sites excluding steroid dienone is 1. The Morgan fingerprint density at radius 1 is 1.44 bits per heavy atom. The van der Waals surface area contributed by atoms with Crippen LogP contribution in [0, 0.1) is 5.82 Å². The summed E-state index contributed by atoms with van der Waals surface area (Å²) in [5, 5.41) is 8.88. The fourth-order valence-electron chi connectivity index (χ4n) is 1.99. The first kappa shape index (κ1) is 12.7. The summed E-state index contributed by atoms with van der Waals surface area (Å²) in [6.45, 7) is 1.23. The second-order valence-corrected chi connectivity index (χ2v) is 5.93. The van der Waals surface area contributed by atoms with Crippen molar-refractivity contribution in [3.8, 4) is 0 Å². The summed E-state index contributed by atoms with van der Waals surface area (Å²) >= 11 is 0. The average molecular weight is 271 g/mol. The van der Waals surface area contributed by atoms with Gasteiger partial charge in [-0.2, -0.15) is 0 Å². The van der Waals surface area contributed by atoms with Crippen molar-refractivity contribution >= 4 is 21.4 Å². The van der Waals surface area contributed by atoms with E-state index in [0.29, 0.717) is 0 Å². The van der Waals surface area contributed by atoms with Crippen molar-refractivity contribution < 1.29 is 22.7 Å². The normalized spacial score (nSPS) is 18.6. The molecule has 1 aliphatic rings. The van der Waals surface area contributed by atoms with Crippen LogP contribution in [0.4, 0.5) is 4.39 Å². The summed E-state index contributed by atoms with van der Waals surface area (Å²) < 4.78 is 37.6. The molecule has 1 heterocycles. The van der Waals surface area contributed by atoms with Gasteiger partial charge in [0, 0.05) is 11.1 Å². The first-order valence-electron chi connectivity index (χ1n) is 5.01. The lowest BCUT2D eigenvalue weighted by atomic mass is 9.99. The van der Waals surface area contributed by atoms with Crippen LogP contribution in [0.25, 0.3) is 5.57 Å². The van der Waals surface area contributed by atoms with Crippen LogP contribution >= 0.6 is 0 Å². The lowest BCUT2D eigenvalue weighted by molar-refractivity contribution is -0.137. The molecule has 18 heavy (non-hydrogen) atoms. The van der Waals surface area contributed by atoms with Crippen LogP contribution < -0.4 is 5.73 Å². The van der Waals surface area contributed by atoms with Crippen LogP contribution in [-0.2, 0) is 14.6 Å². The molecule has 0 bridgehead atoms. The Morgan fingerprint density at radius 2 is 2.06 bits per heavy atom. The Balaban J connectivity index is 2.82. The summed E-state index contributed by atoms with van der Waals surface area (Å²) in [6, 6.07) is 2.18. The minimum absolute atomic E-state index is 0.0300. The van der Waals surface area contributed by atoms with Gasteiger partial charge in [0.2, 0.25) is 9.84 Å². The van der Waals surface area contributed by atoms with Crippen molar-refractivity contribution in [2.75, 3.05) is 0 Å². The van der Waals surface area contributed by atoms with E-state index in [4.69, 9.17) is 10.8 Å². The third kappa shape index (κ3) is 1.55. The van der Waals surface area contributed by atoms with Crippen molar-refractivity contribution in [2.24, 2.45) is 5.73 Å². The molecule has 0 radical (unpaired) electrons. The highest BCUT2D eigenvalue weighted by molar-refractivity contribution is 7.95. The van der Waals surface area contributed by atoms with Gasteiger partial charge in [0.1, 0.15) is 16.8 Å². The van der Waals surface area contributed by atoms with Gasteiger partial charge in [0.25, 0.3) is 0 Å². The number of carboxylic acids is 1. The first-order valence-corrected chi connectivity index (χ1v) is 6.50. The Kier molecular flexibility index (Phi) is 2.75. The number of benzene rings is 1. The summed E-state index contributed by atoms with van der Waals surface area (Å²) in [4.78, 5) is 10.2. The van der Waals surface area contributed by atoms with Gasteiger partial charge in [0.15, 0.2) is 0 Å². The molecule has 0 aromatic heterocycles. The van der Waals surface area contributed by atoms with E-state index in [2.05, 4.69) is 0 Å². The van der Waals surface area contributed by atoms with Gasteiger partial charge >= 0.3 is 5.97 Å². The van der Waals surface area contributed by atoms with E-state index in [1.165, 1.54) is 19.1 Å². The molecule has 0 saturated heterocycles. The predicted octanol–water partition coefficient (Wildman–Crippen LogP) is 0.756. The third-order valence-corrected chi connectivity index (χ3v) is 4.86. The second-order valence-electron chi connectivity index (χ2n) is 3.91. The third-order valence-electron chi connectivity index (χ3n) is 2.89. The maximum absolute atomic E-state index is 13.6. The Morgan fingerprint density at radius 3 is 2.61 bits per heavy atom. The number of halogens is 1. The summed E-state index contributed by atoms with van der Waals surface area (Å²) in [6.07, 6.45) is 0. The molecule has 5 nitrogen and oxygen atoms in total. The standard InChI is InChI=1S/C11H10FNO4S/c1-5-8(9(13)11(14)15)6-3-2-4-7(12)10(6)18(5,16)17/h2-4,9H,13H2,1H3,(H,14,15). The van der Waals surface area contributed by atoms with Gasteiger partial charge in [-0.3, -0.25) is 4.79 Å². The molecule has 1 aliphatic heterocycles. The SMILES string of the molecule is CC1=C(C(N)C(=O)O)c2cccc(F)c2S1(=O)=O.